The molecule has 0 aliphatic carbocycles. The number of anilines is 1. The second-order valence-corrected chi connectivity index (χ2v) is 7.15. The fourth-order valence-corrected chi connectivity index (χ4v) is 3.70. The maximum Gasteiger partial charge on any atom is 0.211 e. The van der Waals surface area contributed by atoms with E-state index in [1.54, 1.807) is 17.4 Å². The van der Waals surface area contributed by atoms with E-state index in [-0.39, 0.29) is 11.5 Å². The summed E-state index contributed by atoms with van der Waals surface area (Å²) in [5.41, 5.74) is 1.98. The fraction of sp³-hybridized carbons (Fsp3) is 0.211. The van der Waals surface area contributed by atoms with Crippen molar-refractivity contribution in [2.45, 2.75) is 26.4 Å². The predicted octanol–water partition coefficient (Wildman–Crippen LogP) is 5.33. The third-order valence-electron chi connectivity index (χ3n) is 3.84. The molecule has 2 nitrogen and oxygen atoms in total. The molecule has 0 amide bonds. The molecule has 3 rings (SSSR count). The lowest BCUT2D eigenvalue weighted by atomic mass is 10.1. The van der Waals surface area contributed by atoms with Crippen LogP contribution in [-0.2, 0) is 6.54 Å². The average molecular weight is 344 g/mol. The minimum absolute atomic E-state index is 0.0471. The van der Waals surface area contributed by atoms with Gasteiger partial charge < -0.3 is 4.90 Å². The van der Waals surface area contributed by atoms with Crippen molar-refractivity contribution >= 4 is 38.7 Å². The van der Waals surface area contributed by atoms with Crippen molar-refractivity contribution in [1.82, 2.24) is 0 Å². The second kappa shape index (κ2) is 6.73. The number of halogens is 1. The van der Waals surface area contributed by atoms with Gasteiger partial charge in [0.15, 0.2) is 0 Å². The lowest BCUT2D eigenvalue weighted by Gasteiger charge is -2.28. The van der Waals surface area contributed by atoms with Gasteiger partial charge in [-0.1, -0.05) is 41.9 Å². The molecule has 0 saturated carbocycles. The van der Waals surface area contributed by atoms with Crippen LogP contribution in [0.5, 0.6) is 0 Å². The van der Waals surface area contributed by atoms with E-state index in [0.717, 1.165) is 10.4 Å². The monoisotopic (exact) mass is 343 g/mol. The topological polar surface area (TPSA) is 20.3 Å². The van der Waals surface area contributed by atoms with Gasteiger partial charge in [0.05, 0.1) is 5.69 Å². The zero-order chi connectivity index (χ0) is 16.4. The molecule has 0 radical (unpaired) electrons. The highest BCUT2D eigenvalue weighted by Gasteiger charge is 2.16. The maximum atomic E-state index is 12.9. The SMILES string of the molecule is CC(C)N(Cc1ccccc1)c1csc2ccc(Cl)cc2c1=O. The molecule has 1 aromatic heterocycles. The Morgan fingerprint density at radius 2 is 1.87 bits per heavy atom. The first kappa shape index (κ1) is 16.0. The quantitative estimate of drug-likeness (QED) is 0.638. The van der Waals surface area contributed by atoms with E-state index in [9.17, 15) is 4.79 Å². The largest absolute Gasteiger partial charge is 0.361 e. The number of hydrogen-bond donors (Lipinski definition) is 0. The first-order chi connectivity index (χ1) is 11.1. The molecule has 118 valence electrons. The third kappa shape index (κ3) is 3.41. The molecule has 1 heterocycles. The summed E-state index contributed by atoms with van der Waals surface area (Å²) in [5, 5.41) is 3.25. The van der Waals surface area contributed by atoms with Crippen LogP contribution in [0.3, 0.4) is 0 Å². The van der Waals surface area contributed by atoms with E-state index >= 15 is 0 Å². The van der Waals surface area contributed by atoms with E-state index in [1.165, 1.54) is 5.56 Å². The van der Waals surface area contributed by atoms with Crippen LogP contribution in [-0.4, -0.2) is 6.04 Å². The van der Waals surface area contributed by atoms with Gasteiger partial charge in [0.2, 0.25) is 5.43 Å². The van der Waals surface area contributed by atoms with Crippen LogP contribution in [0.1, 0.15) is 19.4 Å². The Kier molecular flexibility index (Phi) is 4.69. The number of benzene rings is 2. The van der Waals surface area contributed by atoms with E-state index in [1.807, 2.05) is 35.7 Å². The predicted molar refractivity (Wildman–Crippen MR) is 101 cm³/mol. The molecular weight excluding hydrogens is 326 g/mol. The van der Waals surface area contributed by atoms with Gasteiger partial charge in [-0.2, -0.15) is 0 Å². The summed E-state index contributed by atoms with van der Waals surface area (Å²) in [5.74, 6) is 0. The van der Waals surface area contributed by atoms with E-state index in [2.05, 4.69) is 30.9 Å². The average Bonchev–Trinajstić information content (AvgIpc) is 2.55. The molecule has 0 saturated heterocycles. The number of hydrogen-bond acceptors (Lipinski definition) is 3. The van der Waals surface area contributed by atoms with Gasteiger partial charge in [0.1, 0.15) is 0 Å². The van der Waals surface area contributed by atoms with Crippen LogP contribution in [0.15, 0.2) is 58.7 Å². The smallest absolute Gasteiger partial charge is 0.211 e. The minimum atomic E-state index is 0.0471. The van der Waals surface area contributed by atoms with Crippen molar-refractivity contribution < 1.29 is 0 Å². The minimum Gasteiger partial charge on any atom is -0.361 e. The molecule has 0 bridgehead atoms. The van der Waals surface area contributed by atoms with Crippen molar-refractivity contribution in [2.24, 2.45) is 0 Å². The highest BCUT2D eigenvalue weighted by atomic mass is 35.5. The van der Waals surface area contributed by atoms with Gasteiger partial charge >= 0.3 is 0 Å². The lowest BCUT2D eigenvalue weighted by Crippen LogP contribution is -2.33. The summed E-state index contributed by atoms with van der Waals surface area (Å²) in [6.45, 7) is 4.93. The van der Waals surface area contributed by atoms with Crippen molar-refractivity contribution in [3.8, 4) is 0 Å². The normalized spacial score (nSPS) is 11.1. The van der Waals surface area contributed by atoms with Crippen molar-refractivity contribution in [2.75, 3.05) is 4.90 Å². The molecule has 0 atom stereocenters. The van der Waals surface area contributed by atoms with Crippen molar-refractivity contribution in [1.29, 1.82) is 0 Å². The van der Waals surface area contributed by atoms with Gasteiger partial charge in [0, 0.05) is 33.1 Å². The summed E-state index contributed by atoms with van der Waals surface area (Å²) in [7, 11) is 0. The van der Waals surface area contributed by atoms with Gasteiger partial charge in [-0.05, 0) is 37.6 Å². The molecule has 0 aliphatic heterocycles. The molecule has 0 spiro atoms. The molecule has 4 heteroatoms. The summed E-state index contributed by atoms with van der Waals surface area (Å²) in [6.07, 6.45) is 0. The molecular formula is C19H18ClNOS. The molecule has 0 fully saturated rings. The standard InChI is InChI=1S/C19H18ClNOS/c1-13(2)21(11-14-6-4-3-5-7-14)17-12-23-18-9-8-15(20)10-16(18)19(17)22/h3-10,12-13H,11H2,1-2H3. The van der Waals surface area contributed by atoms with Gasteiger partial charge in [0.25, 0.3) is 0 Å². The summed E-state index contributed by atoms with van der Waals surface area (Å²) < 4.78 is 0.964. The molecule has 23 heavy (non-hydrogen) atoms. The summed E-state index contributed by atoms with van der Waals surface area (Å²) in [6, 6.07) is 15.9. The van der Waals surface area contributed by atoms with E-state index in [0.29, 0.717) is 17.0 Å². The Hall–Kier alpha value is -1.84. The Labute approximate surface area is 145 Å². The first-order valence-corrected chi connectivity index (χ1v) is 8.83. The first-order valence-electron chi connectivity index (χ1n) is 7.58. The van der Waals surface area contributed by atoms with Gasteiger partial charge in [-0.15, -0.1) is 11.3 Å². The Balaban J connectivity index is 2.08. The summed E-state index contributed by atoms with van der Waals surface area (Å²) >= 11 is 7.65. The Morgan fingerprint density at radius 3 is 2.57 bits per heavy atom. The van der Waals surface area contributed by atoms with Crippen LogP contribution >= 0.6 is 22.9 Å². The Bertz CT molecular complexity index is 873. The number of fused-ring (bicyclic) bond motifs is 1. The van der Waals surface area contributed by atoms with Crippen LogP contribution in [0.25, 0.3) is 10.1 Å². The third-order valence-corrected chi connectivity index (χ3v) is 5.03. The second-order valence-electron chi connectivity index (χ2n) is 5.80. The van der Waals surface area contributed by atoms with Crippen LogP contribution < -0.4 is 10.3 Å². The van der Waals surface area contributed by atoms with E-state index in [4.69, 9.17) is 11.6 Å². The van der Waals surface area contributed by atoms with Gasteiger partial charge in [-0.25, -0.2) is 0 Å². The number of rotatable bonds is 4. The van der Waals surface area contributed by atoms with Crippen LogP contribution in [0.2, 0.25) is 5.02 Å². The zero-order valence-corrected chi connectivity index (χ0v) is 14.7. The lowest BCUT2D eigenvalue weighted by molar-refractivity contribution is 0.682. The fourth-order valence-electron chi connectivity index (χ4n) is 2.62. The van der Waals surface area contributed by atoms with Crippen molar-refractivity contribution in [3.63, 3.8) is 0 Å². The highest BCUT2D eigenvalue weighted by Crippen LogP contribution is 2.26. The van der Waals surface area contributed by atoms with E-state index < -0.39 is 0 Å². The maximum absolute atomic E-state index is 12.9. The Morgan fingerprint density at radius 1 is 1.13 bits per heavy atom. The molecule has 3 aromatic rings. The van der Waals surface area contributed by atoms with Crippen molar-refractivity contribution in [3.05, 3.63) is 74.7 Å². The molecule has 0 unspecified atom stereocenters. The molecule has 2 aromatic carbocycles. The summed E-state index contributed by atoms with van der Waals surface area (Å²) in [4.78, 5) is 15.1. The molecule has 0 aliphatic rings. The highest BCUT2D eigenvalue weighted by molar-refractivity contribution is 7.16. The molecule has 0 N–H and O–H groups in total. The zero-order valence-electron chi connectivity index (χ0n) is 13.1. The van der Waals surface area contributed by atoms with Crippen LogP contribution in [0.4, 0.5) is 5.69 Å². The van der Waals surface area contributed by atoms with Crippen LogP contribution in [0, 0.1) is 0 Å². The number of nitrogens with zero attached hydrogens (tertiary/aromatic N) is 1. The van der Waals surface area contributed by atoms with Gasteiger partial charge in [-0.3, -0.25) is 4.79 Å².